The van der Waals surface area contributed by atoms with Crippen molar-refractivity contribution >= 4 is 23.5 Å². The molecule has 3 aromatic rings. The van der Waals surface area contributed by atoms with Crippen molar-refractivity contribution in [1.82, 2.24) is 0 Å². The van der Waals surface area contributed by atoms with Gasteiger partial charge in [-0.1, -0.05) is 18.2 Å². The molecule has 0 spiro atoms. The number of nitrogens with zero attached hydrogens (tertiary/aromatic N) is 1. The van der Waals surface area contributed by atoms with Gasteiger partial charge in [0, 0.05) is 46.4 Å². The van der Waals surface area contributed by atoms with Gasteiger partial charge in [0.1, 0.15) is 0 Å². The fraction of sp³-hybridized carbons (Fsp3) is 0.217. The number of aliphatic imine (C=N–C) groups is 1. The van der Waals surface area contributed by atoms with Crippen LogP contribution in [-0.4, -0.2) is 29.4 Å². The Bertz CT molecular complexity index is 988. The number of nitrogens with two attached hydrogens (primary N) is 1. The third kappa shape index (κ3) is 5.56. The van der Waals surface area contributed by atoms with Crippen LogP contribution in [0.4, 0.5) is 11.4 Å². The summed E-state index contributed by atoms with van der Waals surface area (Å²) in [5, 5.41) is 12.8. The molecule has 4 N–H and O–H groups in total. The van der Waals surface area contributed by atoms with Gasteiger partial charge in [0.15, 0.2) is 0 Å². The standard InChI is InChI=1S/C23H25N3O3/c1-23(2,28)9-10-25-14-18-12-21(26-22(27)16-6-4-3-5-7-16)19(13-20(18)24)17-8-11-29-15-17/h3-8,11-15,28H,9-10,24H2,1-2H3,(H,26,27). The van der Waals surface area contributed by atoms with Crippen molar-refractivity contribution in [3.8, 4) is 11.1 Å². The van der Waals surface area contributed by atoms with E-state index in [-0.39, 0.29) is 5.91 Å². The molecular weight excluding hydrogens is 366 g/mol. The highest BCUT2D eigenvalue weighted by Gasteiger charge is 2.14. The van der Waals surface area contributed by atoms with Gasteiger partial charge >= 0.3 is 0 Å². The summed E-state index contributed by atoms with van der Waals surface area (Å²) < 4.78 is 5.19. The SMILES string of the molecule is CC(C)(O)CCN=Cc1cc(NC(=O)c2ccccc2)c(-c2ccoc2)cc1N. The van der Waals surface area contributed by atoms with E-state index in [9.17, 15) is 9.90 Å². The molecule has 0 radical (unpaired) electrons. The fourth-order valence-corrected chi connectivity index (χ4v) is 2.79. The van der Waals surface area contributed by atoms with Crippen LogP contribution in [0, 0.1) is 0 Å². The summed E-state index contributed by atoms with van der Waals surface area (Å²) >= 11 is 0. The van der Waals surface area contributed by atoms with Gasteiger partial charge in [-0.15, -0.1) is 0 Å². The average molecular weight is 391 g/mol. The number of hydrogen-bond donors (Lipinski definition) is 3. The van der Waals surface area contributed by atoms with Crippen LogP contribution in [0.15, 0.2) is 70.5 Å². The van der Waals surface area contributed by atoms with Gasteiger partial charge in [0.25, 0.3) is 5.91 Å². The number of furan rings is 1. The lowest BCUT2D eigenvalue weighted by Crippen LogP contribution is -2.19. The summed E-state index contributed by atoms with van der Waals surface area (Å²) in [6.07, 6.45) is 5.37. The summed E-state index contributed by atoms with van der Waals surface area (Å²) in [6, 6.07) is 14.4. The number of hydrogen-bond acceptors (Lipinski definition) is 5. The number of nitrogens with one attached hydrogen (secondary N) is 1. The number of carbonyl (C=O) groups excluding carboxylic acids is 1. The molecule has 150 valence electrons. The molecule has 0 saturated heterocycles. The first-order chi connectivity index (χ1) is 13.8. The Labute approximate surface area is 170 Å². The summed E-state index contributed by atoms with van der Waals surface area (Å²) in [6.45, 7) is 3.96. The van der Waals surface area contributed by atoms with Crippen molar-refractivity contribution in [3.05, 3.63) is 72.2 Å². The largest absolute Gasteiger partial charge is 0.472 e. The van der Waals surface area contributed by atoms with Crippen molar-refractivity contribution in [3.63, 3.8) is 0 Å². The van der Waals surface area contributed by atoms with E-state index >= 15 is 0 Å². The molecule has 0 unspecified atom stereocenters. The normalized spacial score (nSPS) is 11.7. The van der Waals surface area contributed by atoms with E-state index < -0.39 is 5.60 Å². The Balaban J connectivity index is 1.91. The molecule has 0 aliphatic carbocycles. The molecule has 0 aliphatic heterocycles. The third-order valence-electron chi connectivity index (χ3n) is 4.42. The zero-order valence-corrected chi connectivity index (χ0v) is 16.6. The first-order valence-electron chi connectivity index (χ1n) is 9.38. The van der Waals surface area contributed by atoms with Crippen LogP contribution >= 0.6 is 0 Å². The van der Waals surface area contributed by atoms with Crippen molar-refractivity contribution in [2.24, 2.45) is 4.99 Å². The zero-order valence-electron chi connectivity index (χ0n) is 16.6. The van der Waals surface area contributed by atoms with Gasteiger partial charge in [-0.3, -0.25) is 9.79 Å². The second kappa shape index (κ2) is 8.75. The third-order valence-corrected chi connectivity index (χ3v) is 4.42. The molecule has 1 aromatic heterocycles. The number of amides is 1. The van der Waals surface area contributed by atoms with Crippen molar-refractivity contribution in [2.75, 3.05) is 17.6 Å². The molecule has 1 heterocycles. The van der Waals surface area contributed by atoms with Crippen molar-refractivity contribution in [2.45, 2.75) is 25.9 Å². The molecule has 6 nitrogen and oxygen atoms in total. The van der Waals surface area contributed by atoms with E-state index in [0.29, 0.717) is 35.5 Å². The van der Waals surface area contributed by atoms with E-state index in [4.69, 9.17) is 10.2 Å². The second-order valence-electron chi connectivity index (χ2n) is 7.46. The summed E-state index contributed by atoms with van der Waals surface area (Å²) in [5.74, 6) is -0.218. The summed E-state index contributed by atoms with van der Waals surface area (Å²) in [5.41, 5.74) is 9.41. The van der Waals surface area contributed by atoms with E-state index in [2.05, 4.69) is 10.3 Å². The van der Waals surface area contributed by atoms with E-state index in [1.807, 2.05) is 24.3 Å². The van der Waals surface area contributed by atoms with E-state index in [0.717, 1.165) is 11.1 Å². The molecule has 0 fully saturated rings. The molecule has 1 amide bonds. The molecule has 3 rings (SSSR count). The quantitative estimate of drug-likeness (QED) is 0.411. The van der Waals surface area contributed by atoms with Gasteiger partial charge < -0.3 is 20.6 Å². The van der Waals surface area contributed by atoms with Crippen LogP contribution in [0.3, 0.4) is 0 Å². The van der Waals surface area contributed by atoms with Crippen LogP contribution in [0.1, 0.15) is 36.2 Å². The van der Waals surface area contributed by atoms with Crippen LogP contribution in [-0.2, 0) is 0 Å². The molecule has 0 aliphatic rings. The molecule has 0 atom stereocenters. The predicted molar refractivity (Wildman–Crippen MR) is 116 cm³/mol. The van der Waals surface area contributed by atoms with Gasteiger partial charge in [0.2, 0.25) is 0 Å². The highest BCUT2D eigenvalue weighted by Crippen LogP contribution is 2.32. The summed E-state index contributed by atoms with van der Waals surface area (Å²) in [4.78, 5) is 17.0. The average Bonchev–Trinajstić information content (AvgIpc) is 3.21. The highest BCUT2D eigenvalue weighted by atomic mass is 16.3. The maximum absolute atomic E-state index is 12.7. The van der Waals surface area contributed by atoms with Crippen molar-refractivity contribution < 1.29 is 14.3 Å². The minimum absolute atomic E-state index is 0.218. The Hall–Kier alpha value is -3.38. The van der Waals surface area contributed by atoms with Crippen molar-refractivity contribution in [1.29, 1.82) is 0 Å². The predicted octanol–water partition coefficient (Wildman–Crippen LogP) is 4.36. The first-order valence-corrected chi connectivity index (χ1v) is 9.38. The Morgan fingerprint density at radius 1 is 1.24 bits per heavy atom. The Kier molecular flexibility index (Phi) is 6.14. The molecule has 0 bridgehead atoms. The van der Waals surface area contributed by atoms with Crippen LogP contribution < -0.4 is 11.1 Å². The van der Waals surface area contributed by atoms with Crippen LogP contribution in [0.2, 0.25) is 0 Å². The lowest BCUT2D eigenvalue weighted by atomic mass is 10.0. The fourth-order valence-electron chi connectivity index (χ4n) is 2.79. The maximum atomic E-state index is 12.7. The summed E-state index contributed by atoms with van der Waals surface area (Å²) in [7, 11) is 0. The van der Waals surface area contributed by atoms with Gasteiger partial charge in [-0.05, 0) is 50.6 Å². The van der Waals surface area contributed by atoms with E-state index in [1.54, 1.807) is 56.9 Å². The number of rotatable bonds is 7. The topological polar surface area (TPSA) is 101 Å². The number of nitrogen functional groups attached to an aromatic ring is 1. The number of benzene rings is 2. The minimum atomic E-state index is -0.775. The van der Waals surface area contributed by atoms with Gasteiger partial charge in [-0.25, -0.2) is 0 Å². The number of anilines is 2. The molecule has 0 saturated carbocycles. The second-order valence-corrected chi connectivity index (χ2v) is 7.46. The number of aliphatic hydroxyl groups is 1. The minimum Gasteiger partial charge on any atom is -0.472 e. The van der Waals surface area contributed by atoms with Crippen LogP contribution in [0.25, 0.3) is 11.1 Å². The van der Waals surface area contributed by atoms with Gasteiger partial charge in [0.05, 0.1) is 18.1 Å². The highest BCUT2D eigenvalue weighted by molar-refractivity contribution is 6.07. The van der Waals surface area contributed by atoms with Crippen LogP contribution in [0.5, 0.6) is 0 Å². The van der Waals surface area contributed by atoms with Gasteiger partial charge in [-0.2, -0.15) is 0 Å². The molecular formula is C23H25N3O3. The monoisotopic (exact) mass is 391 g/mol. The van der Waals surface area contributed by atoms with E-state index in [1.165, 1.54) is 0 Å². The Morgan fingerprint density at radius 2 is 2.00 bits per heavy atom. The number of carbonyl (C=O) groups is 1. The first kappa shape index (κ1) is 20.4. The maximum Gasteiger partial charge on any atom is 0.255 e. The lowest BCUT2D eigenvalue weighted by molar-refractivity contribution is 0.0739. The molecule has 6 heteroatoms. The molecule has 29 heavy (non-hydrogen) atoms. The zero-order chi connectivity index (χ0) is 20.9. The lowest BCUT2D eigenvalue weighted by Gasteiger charge is -2.15. The Morgan fingerprint density at radius 3 is 2.66 bits per heavy atom. The smallest absolute Gasteiger partial charge is 0.255 e. The molecule has 2 aromatic carbocycles.